The van der Waals surface area contributed by atoms with Crippen LogP contribution in [0.15, 0.2) is 71.5 Å². The van der Waals surface area contributed by atoms with E-state index in [-0.39, 0.29) is 18.1 Å². The first-order chi connectivity index (χ1) is 16.1. The Morgan fingerprint density at radius 1 is 1.12 bits per heavy atom. The summed E-state index contributed by atoms with van der Waals surface area (Å²) in [5.74, 6) is 1.38. The number of aromatic nitrogens is 2. The molecule has 2 N–H and O–H groups in total. The monoisotopic (exact) mass is 440 g/mol. The van der Waals surface area contributed by atoms with Crippen LogP contribution >= 0.6 is 0 Å². The highest BCUT2D eigenvalue weighted by atomic mass is 16.5. The molecule has 1 aliphatic heterocycles. The molecule has 2 amide bonds. The Hall–Kier alpha value is -4.13. The summed E-state index contributed by atoms with van der Waals surface area (Å²) in [5.41, 5.74) is 2.86. The lowest BCUT2D eigenvalue weighted by Gasteiger charge is -2.28. The quantitative estimate of drug-likeness (QED) is 0.500. The van der Waals surface area contributed by atoms with Crippen LogP contribution in [0.2, 0.25) is 0 Å². The van der Waals surface area contributed by atoms with Crippen LogP contribution in [0.1, 0.15) is 22.6 Å². The van der Waals surface area contributed by atoms with Gasteiger partial charge in [0.1, 0.15) is 11.6 Å². The Balaban J connectivity index is 1.33. The fraction of sp³-hybridized carbons (Fsp3) is 0.192. The number of hydrogen-bond acceptors (Lipinski definition) is 4. The van der Waals surface area contributed by atoms with Gasteiger partial charge in [-0.3, -0.25) is 4.79 Å². The van der Waals surface area contributed by atoms with E-state index in [1.54, 1.807) is 12.0 Å². The second-order valence-corrected chi connectivity index (χ2v) is 8.09. The van der Waals surface area contributed by atoms with E-state index in [1.165, 1.54) is 0 Å². The average Bonchev–Trinajstić information content (AvgIpc) is 2.84. The summed E-state index contributed by atoms with van der Waals surface area (Å²) in [6.07, 6.45) is 1.04. The molecule has 0 saturated carbocycles. The molecule has 5 rings (SSSR count). The topological polar surface area (TPSA) is 87.3 Å². The minimum Gasteiger partial charge on any atom is -0.497 e. The number of benzene rings is 3. The predicted molar refractivity (Wildman–Crippen MR) is 128 cm³/mol. The van der Waals surface area contributed by atoms with E-state index in [4.69, 9.17) is 4.74 Å². The van der Waals surface area contributed by atoms with Crippen molar-refractivity contribution >= 4 is 22.5 Å². The Morgan fingerprint density at radius 2 is 1.94 bits per heavy atom. The van der Waals surface area contributed by atoms with Crippen LogP contribution in [0, 0.1) is 0 Å². The molecular formula is C26H24N4O3. The van der Waals surface area contributed by atoms with Gasteiger partial charge in [0.05, 0.1) is 30.6 Å². The van der Waals surface area contributed by atoms with Gasteiger partial charge in [0.2, 0.25) is 0 Å². The minimum atomic E-state index is -0.225. The summed E-state index contributed by atoms with van der Waals surface area (Å²) in [4.78, 5) is 35.0. The van der Waals surface area contributed by atoms with Crippen molar-refractivity contribution in [2.24, 2.45) is 0 Å². The smallest absolute Gasteiger partial charge is 0.322 e. The van der Waals surface area contributed by atoms with Gasteiger partial charge in [-0.25, -0.2) is 9.78 Å². The maximum atomic E-state index is 13.0. The zero-order valence-electron chi connectivity index (χ0n) is 18.3. The molecule has 0 radical (unpaired) electrons. The fourth-order valence-electron chi connectivity index (χ4n) is 4.24. The number of amides is 2. The predicted octanol–water partition coefficient (Wildman–Crippen LogP) is 4.11. The number of carbonyl (C=O) groups excluding carboxylic acids is 1. The number of urea groups is 1. The van der Waals surface area contributed by atoms with Gasteiger partial charge < -0.3 is 19.9 Å². The zero-order chi connectivity index (χ0) is 22.8. The number of nitrogens with one attached hydrogen (secondary N) is 2. The molecule has 4 aromatic rings. The maximum Gasteiger partial charge on any atom is 0.322 e. The van der Waals surface area contributed by atoms with E-state index in [1.807, 2.05) is 66.7 Å². The molecule has 0 saturated heterocycles. The molecule has 0 spiro atoms. The average molecular weight is 441 g/mol. The van der Waals surface area contributed by atoms with E-state index >= 15 is 0 Å². The standard InChI is InChI=1S/C26H24N4O3/c1-33-19-9-4-6-17(14-19)15-24-27-23-12-13-30(16-21(23)25(31)29-24)26(32)28-22-11-5-8-18-7-2-3-10-20(18)22/h2-11,14H,12-13,15-16H2,1H3,(H,28,32)(H,27,29,31). The molecule has 166 valence electrons. The summed E-state index contributed by atoms with van der Waals surface area (Å²) in [7, 11) is 1.63. The highest BCUT2D eigenvalue weighted by Crippen LogP contribution is 2.24. The third kappa shape index (κ3) is 4.30. The Kier molecular flexibility index (Phi) is 5.52. The third-order valence-electron chi connectivity index (χ3n) is 5.94. The first-order valence-corrected chi connectivity index (χ1v) is 10.9. The van der Waals surface area contributed by atoms with Crippen LogP contribution in [0.3, 0.4) is 0 Å². The lowest BCUT2D eigenvalue weighted by atomic mass is 10.1. The summed E-state index contributed by atoms with van der Waals surface area (Å²) < 4.78 is 5.27. The van der Waals surface area contributed by atoms with Crippen molar-refractivity contribution in [3.05, 3.63) is 99.7 Å². The van der Waals surface area contributed by atoms with Gasteiger partial charge in [0.15, 0.2) is 0 Å². The van der Waals surface area contributed by atoms with Gasteiger partial charge in [0, 0.05) is 24.8 Å². The first kappa shape index (κ1) is 20.8. The molecule has 7 nitrogen and oxygen atoms in total. The van der Waals surface area contributed by atoms with Crippen molar-refractivity contribution < 1.29 is 9.53 Å². The normalized spacial score (nSPS) is 12.9. The molecule has 0 fully saturated rings. The van der Waals surface area contributed by atoms with Crippen molar-refractivity contribution in [1.29, 1.82) is 0 Å². The molecular weight excluding hydrogens is 416 g/mol. The number of hydrogen-bond donors (Lipinski definition) is 2. The van der Waals surface area contributed by atoms with Crippen LogP contribution in [0.25, 0.3) is 10.8 Å². The molecule has 3 aromatic carbocycles. The summed E-state index contributed by atoms with van der Waals surface area (Å²) >= 11 is 0. The number of nitrogens with zero attached hydrogens (tertiary/aromatic N) is 2. The summed E-state index contributed by atoms with van der Waals surface area (Å²) in [6.45, 7) is 0.729. The molecule has 2 heterocycles. The Morgan fingerprint density at radius 3 is 2.82 bits per heavy atom. The number of ether oxygens (including phenoxy) is 1. The van der Waals surface area contributed by atoms with E-state index in [0.29, 0.717) is 30.8 Å². The number of H-pyrrole nitrogens is 1. The van der Waals surface area contributed by atoms with E-state index < -0.39 is 0 Å². The Bertz CT molecular complexity index is 1390. The number of methoxy groups -OCH3 is 1. The molecule has 1 aliphatic rings. The highest BCUT2D eigenvalue weighted by molar-refractivity contribution is 6.01. The van der Waals surface area contributed by atoms with Crippen molar-refractivity contribution in [1.82, 2.24) is 14.9 Å². The molecule has 1 aromatic heterocycles. The highest BCUT2D eigenvalue weighted by Gasteiger charge is 2.25. The van der Waals surface area contributed by atoms with Gasteiger partial charge >= 0.3 is 6.03 Å². The van der Waals surface area contributed by atoms with Crippen LogP contribution in [-0.2, 0) is 19.4 Å². The van der Waals surface area contributed by atoms with Crippen LogP contribution in [0.4, 0.5) is 10.5 Å². The van der Waals surface area contributed by atoms with Crippen molar-refractivity contribution in [2.45, 2.75) is 19.4 Å². The second-order valence-electron chi connectivity index (χ2n) is 8.09. The van der Waals surface area contributed by atoms with Crippen LogP contribution in [0.5, 0.6) is 5.75 Å². The minimum absolute atomic E-state index is 0.194. The Labute approximate surface area is 191 Å². The second kappa shape index (κ2) is 8.78. The van der Waals surface area contributed by atoms with Crippen molar-refractivity contribution in [3.63, 3.8) is 0 Å². The molecule has 33 heavy (non-hydrogen) atoms. The van der Waals surface area contributed by atoms with Crippen LogP contribution < -0.4 is 15.6 Å². The van der Waals surface area contributed by atoms with E-state index in [2.05, 4.69) is 15.3 Å². The van der Waals surface area contributed by atoms with E-state index in [0.717, 1.165) is 33.5 Å². The number of carbonyl (C=O) groups is 1. The summed E-state index contributed by atoms with van der Waals surface area (Å²) in [6, 6.07) is 21.2. The lowest BCUT2D eigenvalue weighted by Crippen LogP contribution is -2.42. The number of aromatic amines is 1. The van der Waals surface area contributed by atoms with Gasteiger partial charge in [-0.05, 0) is 29.1 Å². The lowest BCUT2D eigenvalue weighted by molar-refractivity contribution is 0.205. The van der Waals surface area contributed by atoms with Crippen molar-refractivity contribution in [2.75, 3.05) is 19.0 Å². The largest absolute Gasteiger partial charge is 0.497 e. The molecule has 0 atom stereocenters. The number of rotatable bonds is 4. The fourth-order valence-corrected chi connectivity index (χ4v) is 4.24. The van der Waals surface area contributed by atoms with Gasteiger partial charge in [0.25, 0.3) is 5.56 Å². The van der Waals surface area contributed by atoms with Crippen molar-refractivity contribution in [3.8, 4) is 5.75 Å². The van der Waals surface area contributed by atoms with Gasteiger partial charge in [-0.15, -0.1) is 0 Å². The molecule has 7 heteroatoms. The SMILES string of the molecule is COc1cccc(Cc2nc3c(c(=O)[nH]2)CN(C(=O)Nc2cccc4ccccc24)CC3)c1. The number of fused-ring (bicyclic) bond motifs is 2. The van der Waals surface area contributed by atoms with Gasteiger partial charge in [-0.2, -0.15) is 0 Å². The number of anilines is 1. The first-order valence-electron chi connectivity index (χ1n) is 10.9. The summed E-state index contributed by atoms with van der Waals surface area (Å²) in [5, 5.41) is 5.04. The van der Waals surface area contributed by atoms with Crippen LogP contribution in [-0.4, -0.2) is 34.6 Å². The molecule has 0 bridgehead atoms. The zero-order valence-corrected chi connectivity index (χ0v) is 18.3. The third-order valence-corrected chi connectivity index (χ3v) is 5.94. The molecule has 0 aliphatic carbocycles. The van der Waals surface area contributed by atoms with E-state index in [9.17, 15) is 9.59 Å². The maximum absolute atomic E-state index is 13.0. The van der Waals surface area contributed by atoms with Gasteiger partial charge in [-0.1, -0.05) is 48.5 Å². The molecule has 0 unspecified atom stereocenters.